The fraction of sp³-hybridized carbons (Fsp3) is 0.533. The molecule has 2 N–H and O–H groups in total. The Kier molecular flexibility index (Phi) is 3.53. The zero-order valence-corrected chi connectivity index (χ0v) is 12.9. The molecule has 2 heterocycles. The minimum atomic E-state index is -3.02. The summed E-state index contributed by atoms with van der Waals surface area (Å²) in [6.07, 6.45) is 1.31. The van der Waals surface area contributed by atoms with E-state index in [4.69, 9.17) is 0 Å². The molecule has 1 aromatic rings. The molecule has 1 atom stereocenters. The van der Waals surface area contributed by atoms with Gasteiger partial charge in [-0.05, 0) is 43.5 Å². The Morgan fingerprint density at radius 1 is 1.38 bits per heavy atom. The summed E-state index contributed by atoms with van der Waals surface area (Å²) >= 11 is 0. The van der Waals surface area contributed by atoms with E-state index in [2.05, 4.69) is 10.6 Å². The van der Waals surface area contributed by atoms with Gasteiger partial charge in [0.05, 0.1) is 17.0 Å². The van der Waals surface area contributed by atoms with Crippen LogP contribution >= 0.6 is 0 Å². The predicted octanol–water partition coefficient (Wildman–Crippen LogP) is 0.639. The number of carbonyl (C=O) groups is 1. The molecule has 0 radical (unpaired) electrons. The van der Waals surface area contributed by atoms with Gasteiger partial charge in [-0.25, -0.2) is 8.42 Å². The molecule has 1 amide bonds. The molecule has 0 aromatic heterocycles. The number of hydrogen-bond donors (Lipinski definition) is 2. The van der Waals surface area contributed by atoms with Gasteiger partial charge in [-0.1, -0.05) is 12.1 Å². The molecule has 6 heteroatoms. The maximum Gasteiger partial charge on any atom is 0.252 e. The lowest BCUT2D eigenvalue weighted by Gasteiger charge is -2.26. The van der Waals surface area contributed by atoms with E-state index in [9.17, 15) is 13.2 Å². The second-order valence-corrected chi connectivity index (χ2v) is 8.41. The highest BCUT2D eigenvalue weighted by Crippen LogP contribution is 2.25. The van der Waals surface area contributed by atoms with Crippen molar-refractivity contribution in [3.05, 3.63) is 34.9 Å². The molecule has 2 aliphatic heterocycles. The zero-order valence-electron chi connectivity index (χ0n) is 12.1. The van der Waals surface area contributed by atoms with Gasteiger partial charge in [0.2, 0.25) is 0 Å². The molecular weight excluding hydrogens is 288 g/mol. The van der Waals surface area contributed by atoms with Crippen LogP contribution in [0.25, 0.3) is 0 Å². The third-order valence-electron chi connectivity index (χ3n) is 4.30. The average molecular weight is 308 g/mol. The second-order valence-electron chi connectivity index (χ2n) is 6.23. The minimum Gasteiger partial charge on any atom is -0.346 e. The van der Waals surface area contributed by atoms with Gasteiger partial charge in [-0.2, -0.15) is 0 Å². The molecule has 1 aromatic carbocycles. The molecule has 114 valence electrons. The van der Waals surface area contributed by atoms with Crippen LogP contribution in [0.2, 0.25) is 0 Å². The van der Waals surface area contributed by atoms with Gasteiger partial charge in [0, 0.05) is 12.1 Å². The van der Waals surface area contributed by atoms with Crippen LogP contribution in [0.4, 0.5) is 0 Å². The Labute approximate surface area is 125 Å². The summed E-state index contributed by atoms with van der Waals surface area (Å²) in [5.74, 6) is 0.0245. The van der Waals surface area contributed by atoms with Crippen LogP contribution < -0.4 is 10.6 Å². The summed E-state index contributed by atoms with van der Waals surface area (Å²) in [5, 5.41) is 6.23. The summed E-state index contributed by atoms with van der Waals surface area (Å²) in [6, 6.07) is 5.74. The van der Waals surface area contributed by atoms with Gasteiger partial charge >= 0.3 is 0 Å². The molecule has 0 spiro atoms. The largest absolute Gasteiger partial charge is 0.346 e. The molecule has 1 unspecified atom stereocenters. The highest BCUT2D eigenvalue weighted by Gasteiger charge is 2.39. The van der Waals surface area contributed by atoms with E-state index in [1.165, 1.54) is 0 Å². The van der Waals surface area contributed by atoms with Crippen molar-refractivity contribution in [2.24, 2.45) is 0 Å². The molecule has 1 saturated heterocycles. The monoisotopic (exact) mass is 308 g/mol. The van der Waals surface area contributed by atoms with Crippen molar-refractivity contribution in [3.8, 4) is 0 Å². The standard InChI is InChI=1S/C15H20N2O3S/c1-15(6-8-21(19,20)10-15)17-14(18)13-4-2-3-11-9-16-7-5-12(11)13/h2-4,16H,5-10H2,1H3,(H,17,18). The SMILES string of the molecule is CC1(NC(=O)c2cccc3c2CCNC3)CCS(=O)(=O)C1. The highest BCUT2D eigenvalue weighted by molar-refractivity contribution is 7.91. The normalized spacial score (nSPS) is 27.1. The Balaban J connectivity index is 1.84. The lowest BCUT2D eigenvalue weighted by molar-refractivity contribution is 0.0914. The topological polar surface area (TPSA) is 75.3 Å². The van der Waals surface area contributed by atoms with E-state index in [0.29, 0.717) is 12.0 Å². The smallest absolute Gasteiger partial charge is 0.252 e. The maximum atomic E-state index is 12.6. The zero-order chi connectivity index (χ0) is 15.1. The summed E-state index contributed by atoms with van der Waals surface area (Å²) in [4.78, 5) is 12.6. The van der Waals surface area contributed by atoms with E-state index >= 15 is 0 Å². The van der Waals surface area contributed by atoms with Crippen LogP contribution in [0.1, 0.15) is 34.8 Å². The molecule has 5 nitrogen and oxygen atoms in total. The maximum absolute atomic E-state index is 12.6. The number of rotatable bonds is 2. The van der Waals surface area contributed by atoms with Gasteiger partial charge in [0.25, 0.3) is 5.91 Å². The van der Waals surface area contributed by atoms with Gasteiger partial charge in [-0.3, -0.25) is 4.79 Å². The lowest BCUT2D eigenvalue weighted by atomic mass is 9.94. The summed E-state index contributed by atoms with van der Waals surface area (Å²) in [5.41, 5.74) is 2.27. The van der Waals surface area contributed by atoms with Crippen molar-refractivity contribution in [1.29, 1.82) is 0 Å². The Morgan fingerprint density at radius 2 is 2.19 bits per heavy atom. The molecule has 1 fully saturated rings. The van der Waals surface area contributed by atoms with Gasteiger partial charge in [0.15, 0.2) is 9.84 Å². The van der Waals surface area contributed by atoms with E-state index in [1.807, 2.05) is 25.1 Å². The number of amides is 1. The van der Waals surface area contributed by atoms with Crippen molar-refractivity contribution in [2.45, 2.75) is 31.8 Å². The van der Waals surface area contributed by atoms with Crippen LogP contribution in [-0.2, 0) is 22.8 Å². The first-order valence-electron chi connectivity index (χ1n) is 7.23. The molecule has 0 saturated carbocycles. The first kappa shape index (κ1) is 14.5. The molecule has 21 heavy (non-hydrogen) atoms. The van der Waals surface area contributed by atoms with Crippen LogP contribution in [0.5, 0.6) is 0 Å². The molecule has 0 aliphatic carbocycles. The molecule has 3 rings (SSSR count). The number of sulfone groups is 1. The van der Waals surface area contributed by atoms with E-state index in [1.54, 1.807) is 0 Å². The number of fused-ring (bicyclic) bond motifs is 1. The first-order valence-corrected chi connectivity index (χ1v) is 9.05. The van der Waals surface area contributed by atoms with E-state index < -0.39 is 15.4 Å². The highest BCUT2D eigenvalue weighted by atomic mass is 32.2. The lowest BCUT2D eigenvalue weighted by Crippen LogP contribution is -2.47. The predicted molar refractivity (Wildman–Crippen MR) is 81.0 cm³/mol. The summed E-state index contributed by atoms with van der Waals surface area (Å²) < 4.78 is 23.3. The Hall–Kier alpha value is -1.40. The number of benzene rings is 1. The third kappa shape index (κ3) is 2.96. The van der Waals surface area contributed by atoms with E-state index in [-0.39, 0.29) is 17.4 Å². The van der Waals surface area contributed by atoms with Crippen LogP contribution in [0.15, 0.2) is 18.2 Å². The van der Waals surface area contributed by atoms with Gasteiger partial charge < -0.3 is 10.6 Å². The number of nitrogens with one attached hydrogen (secondary N) is 2. The van der Waals surface area contributed by atoms with Crippen LogP contribution in [-0.4, -0.2) is 37.9 Å². The average Bonchev–Trinajstić information content (AvgIpc) is 2.71. The van der Waals surface area contributed by atoms with E-state index in [0.717, 1.165) is 30.6 Å². The van der Waals surface area contributed by atoms with Crippen molar-refractivity contribution in [2.75, 3.05) is 18.1 Å². The van der Waals surface area contributed by atoms with Gasteiger partial charge in [0.1, 0.15) is 0 Å². The fourth-order valence-electron chi connectivity index (χ4n) is 3.20. The van der Waals surface area contributed by atoms with Crippen molar-refractivity contribution < 1.29 is 13.2 Å². The Morgan fingerprint density at radius 3 is 2.90 bits per heavy atom. The first-order chi connectivity index (χ1) is 9.89. The van der Waals surface area contributed by atoms with Crippen LogP contribution in [0.3, 0.4) is 0 Å². The molecule has 2 aliphatic rings. The quantitative estimate of drug-likeness (QED) is 0.841. The minimum absolute atomic E-state index is 0.0301. The summed E-state index contributed by atoms with van der Waals surface area (Å²) in [6.45, 7) is 3.46. The van der Waals surface area contributed by atoms with Crippen molar-refractivity contribution in [1.82, 2.24) is 10.6 Å². The van der Waals surface area contributed by atoms with Crippen molar-refractivity contribution >= 4 is 15.7 Å². The number of carbonyl (C=O) groups excluding carboxylic acids is 1. The summed E-state index contributed by atoms with van der Waals surface area (Å²) in [7, 11) is -3.02. The van der Waals surface area contributed by atoms with Crippen molar-refractivity contribution in [3.63, 3.8) is 0 Å². The Bertz CT molecular complexity index is 684. The van der Waals surface area contributed by atoms with Crippen LogP contribution in [0, 0.1) is 0 Å². The third-order valence-corrected chi connectivity index (χ3v) is 6.21. The van der Waals surface area contributed by atoms with Gasteiger partial charge in [-0.15, -0.1) is 0 Å². The molecule has 0 bridgehead atoms. The second kappa shape index (κ2) is 5.10. The number of hydrogen-bond acceptors (Lipinski definition) is 4. The molecular formula is C15H20N2O3S. The fourth-order valence-corrected chi connectivity index (χ4v) is 5.29.